The number of benzene rings is 12. The number of nitrogens with zero attached hydrogens (tertiary/aromatic N) is 16. The number of fused-ring (bicyclic) bond motifs is 20. The Morgan fingerprint density at radius 3 is 0.554 bits per heavy atom. The minimum atomic E-state index is -1.67. The Hall–Kier alpha value is -17.6. The smallest absolute Gasteiger partial charge is 0.450 e. The first-order valence-corrected chi connectivity index (χ1v) is 34.6. The second-order valence-corrected chi connectivity index (χ2v) is 25.4. The van der Waals surface area contributed by atoms with Gasteiger partial charge in [0.2, 0.25) is 46.0 Å². The molecular weight excluding hydrogens is 1630 g/mol. The van der Waals surface area contributed by atoms with E-state index in [9.17, 15) is 21.0 Å². The summed E-state index contributed by atoms with van der Waals surface area (Å²) in [4.78, 5) is 49.7. The Morgan fingerprint density at radius 2 is 0.397 bits per heavy atom. The van der Waals surface area contributed by atoms with Crippen molar-refractivity contribution in [2.75, 3.05) is 0 Å². The van der Waals surface area contributed by atoms with Crippen LogP contribution in [0.5, 0.6) is 92.0 Å². The van der Waals surface area contributed by atoms with Crippen LogP contribution in [0.25, 0.3) is 109 Å². The van der Waals surface area contributed by atoms with E-state index in [-0.39, 0.29) is 110 Å². The maximum atomic E-state index is 19.1. The van der Waals surface area contributed by atoms with Gasteiger partial charge in [-0.25, -0.2) is 64.5 Å². The third kappa shape index (κ3) is 14.1. The summed E-state index contributed by atoms with van der Waals surface area (Å²) in [7, 11) is 0. The summed E-state index contributed by atoms with van der Waals surface area (Å²) in [5.41, 5.74) is -8.21. The Labute approximate surface area is 687 Å². The number of halogens is 8. The average Bonchev–Trinajstić information content (AvgIpc) is 1.57. The molecule has 0 atom stereocenters. The van der Waals surface area contributed by atoms with Gasteiger partial charge >= 0.3 is 19.5 Å². The third-order valence-electron chi connectivity index (χ3n) is 18.2. The quantitative estimate of drug-likeness (QED) is 0.0493. The first-order chi connectivity index (χ1) is 58.3. The summed E-state index contributed by atoms with van der Waals surface area (Å²) in [5.74, 6) is -28.9. The van der Waals surface area contributed by atoms with Gasteiger partial charge in [0.05, 0.1) is 118 Å². The molecule has 0 amide bonds. The molecule has 5 heterocycles. The summed E-state index contributed by atoms with van der Waals surface area (Å²) in [6, 6.07) is 47.1. The molecule has 0 aliphatic carbocycles. The zero-order valence-electron chi connectivity index (χ0n) is 60.6. The predicted molar refractivity (Wildman–Crippen MR) is 410 cm³/mol. The van der Waals surface area contributed by atoms with Crippen molar-refractivity contribution in [3.05, 3.63) is 309 Å². The van der Waals surface area contributed by atoms with Gasteiger partial charge in [-0.3, -0.25) is 0 Å². The van der Waals surface area contributed by atoms with Crippen molar-refractivity contribution < 1.29 is 92.5 Å². The van der Waals surface area contributed by atoms with Crippen molar-refractivity contribution >= 4 is 66.9 Å². The van der Waals surface area contributed by atoms with Gasteiger partial charge < -0.3 is 67.8 Å². The van der Waals surface area contributed by atoms with Crippen LogP contribution in [-0.4, -0.2) is 29.9 Å². The molecular formula is C88H32F8N16O8Zn. The van der Waals surface area contributed by atoms with Gasteiger partial charge in [-0.05, 0) is 146 Å². The third-order valence-corrected chi connectivity index (χ3v) is 18.2. The van der Waals surface area contributed by atoms with Crippen LogP contribution in [0.15, 0.2) is 194 Å². The van der Waals surface area contributed by atoms with E-state index in [1.807, 2.05) is 24.3 Å². The fourth-order valence-electron chi connectivity index (χ4n) is 12.6. The van der Waals surface area contributed by atoms with E-state index in [4.69, 9.17) is 64.2 Å². The van der Waals surface area contributed by atoms with E-state index in [1.165, 1.54) is 194 Å². The molecule has 8 bridgehead atoms. The van der Waals surface area contributed by atoms with E-state index in [2.05, 4.69) is 59.3 Å². The molecule has 2 aliphatic heterocycles. The van der Waals surface area contributed by atoms with Crippen molar-refractivity contribution in [1.82, 2.24) is 39.9 Å². The largest absolute Gasteiger partial charge is 2.00 e. The van der Waals surface area contributed by atoms with Crippen molar-refractivity contribution in [1.29, 1.82) is 21.0 Å². The van der Waals surface area contributed by atoms with E-state index in [1.54, 1.807) is 0 Å². The molecule has 0 N–H and O–H groups in total. The standard InChI is InChI=1S/C88H32F8N16O8.Zn/c1-101-45-13-29-53(30-14-45)117-77-69(93)61-59(67(91)75(77)115-51-25-9-43(39-99)10-26-51)83-106-81-57-58(66(90)74(114-50-23-7-42(38-98)8-24-50)73(65(57)89)113-49-21-5-41(37-97)6-22-49)82(105-81)107-84-60-62(70(94)78(118-54-31-15-46(102-2)16-32-54)76(68(60)92)116-52-27-11-44(40-100)12-28-52)86(109-84)111-88-64-63(87(112-88)110-85(61)108-83)71(95)79(119-55-33-17-47(103-3)18-34-55)80(72(64)96)120-56-35-19-48(104-4)20-36-56;/h5-36H;/q-2;+2. The molecule has 0 unspecified atom stereocenters. The van der Waals surface area contributed by atoms with Crippen LogP contribution in [0.3, 0.4) is 0 Å². The van der Waals surface area contributed by atoms with Gasteiger partial charge in [-0.15, -0.1) is 0 Å². The molecule has 17 rings (SSSR count). The Bertz CT molecular complexity index is 6590. The van der Waals surface area contributed by atoms with Gasteiger partial charge in [0, 0.05) is 44.1 Å². The van der Waals surface area contributed by atoms with Crippen LogP contribution in [0, 0.1) is 118 Å². The van der Waals surface area contributed by atoms with E-state index in [0.717, 1.165) is 0 Å². The average molecular weight is 1660 g/mol. The van der Waals surface area contributed by atoms with E-state index >= 15 is 35.1 Å². The Balaban J connectivity index is 0.0000109. The molecule has 121 heavy (non-hydrogen) atoms. The second kappa shape index (κ2) is 31.6. The molecule has 2 aliphatic rings. The van der Waals surface area contributed by atoms with Crippen molar-refractivity contribution in [3.8, 4) is 162 Å². The molecule has 0 saturated heterocycles. The van der Waals surface area contributed by atoms with Crippen LogP contribution in [0.2, 0.25) is 0 Å². The van der Waals surface area contributed by atoms with Crippen molar-refractivity contribution in [2.24, 2.45) is 0 Å². The normalized spacial score (nSPS) is 10.8. The van der Waals surface area contributed by atoms with Crippen LogP contribution >= 0.6 is 0 Å². The Kier molecular flexibility index (Phi) is 20.2. The number of hydrogen-bond donors (Lipinski definition) is 0. The SMILES string of the molecule is [C-]#[N+]c1ccc(Oc2c(F)c3c(c(F)c2Oc2ccc([N+]#[C-])cc2)-c2nc-3nc3[n-]c(nc4nc(nc5[n-]c(n2)c2c(F)c(Oc6ccc([N+]#[C-])cc6)c(Oc6ccc(C#N)cc6)c(F)c52)-c2c(F)c(Oc5ccc(C#N)cc5)c(Oc5ccc(C#N)cc5)c(F)c2-4)c2c(F)c(Oc4ccc(C#N)cc4)c(Oc4ccc([N+]#[C-])cc4)c(F)c32)cc1.[Zn+2]. The van der Waals surface area contributed by atoms with Gasteiger partial charge in [0.1, 0.15) is 46.0 Å². The van der Waals surface area contributed by atoms with E-state index in [0.29, 0.717) is 0 Å². The maximum absolute atomic E-state index is 19.1. The molecule has 0 fully saturated rings. The first-order valence-electron chi connectivity index (χ1n) is 34.6. The maximum Gasteiger partial charge on any atom is 2.00 e. The molecule has 12 aromatic carbocycles. The summed E-state index contributed by atoms with van der Waals surface area (Å²) >= 11 is 0. The molecule has 24 nitrogen and oxygen atoms in total. The number of ether oxygens (including phenoxy) is 8. The van der Waals surface area contributed by atoms with Gasteiger partial charge in [-0.1, -0.05) is 48.5 Å². The van der Waals surface area contributed by atoms with Gasteiger partial charge in [-0.2, -0.15) is 21.0 Å². The number of hydrogen-bond acceptors (Lipinski definition) is 18. The van der Waals surface area contributed by atoms with Crippen molar-refractivity contribution in [2.45, 2.75) is 0 Å². The van der Waals surface area contributed by atoms with Crippen LogP contribution < -0.4 is 47.9 Å². The number of rotatable bonds is 16. The Morgan fingerprint density at radius 1 is 0.240 bits per heavy atom. The van der Waals surface area contributed by atoms with Crippen molar-refractivity contribution in [3.63, 3.8) is 0 Å². The summed E-state index contributed by atoms with van der Waals surface area (Å²) in [5, 5.41) is 34.6. The molecule has 33 heteroatoms. The zero-order chi connectivity index (χ0) is 83.3. The van der Waals surface area contributed by atoms with Crippen LogP contribution in [0.1, 0.15) is 22.3 Å². The van der Waals surface area contributed by atoms with E-state index < -0.39 is 182 Å². The monoisotopic (exact) mass is 1660 g/mol. The fraction of sp³-hybridized carbons (Fsp3) is 0. The summed E-state index contributed by atoms with van der Waals surface area (Å²) in [6.45, 7) is 30.4. The molecule has 3 aromatic heterocycles. The van der Waals surface area contributed by atoms with Gasteiger partial charge in [0.15, 0.2) is 69.3 Å². The van der Waals surface area contributed by atoms with Crippen LogP contribution in [0.4, 0.5) is 57.9 Å². The predicted octanol–water partition coefficient (Wildman–Crippen LogP) is 23.3. The number of nitriles is 4. The summed E-state index contributed by atoms with van der Waals surface area (Å²) in [6.07, 6.45) is 0. The first kappa shape index (κ1) is 77.3. The minimum Gasteiger partial charge on any atom is -0.450 e. The molecule has 0 spiro atoms. The fourth-order valence-corrected chi connectivity index (χ4v) is 12.6. The minimum absolute atomic E-state index is 0. The van der Waals surface area contributed by atoms with Gasteiger partial charge in [0.25, 0.3) is 0 Å². The zero-order valence-corrected chi connectivity index (χ0v) is 63.6. The van der Waals surface area contributed by atoms with Crippen LogP contribution in [-0.2, 0) is 19.5 Å². The topological polar surface area (TPSA) is 292 Å². The molecule has 15 aromatic rings. The molecule has 570 valence electrons. The second-order valence-electron chi connectivity index (χ2n) is 25.4. The molecule has 0 radical (unpaired) electrons. The summed E-state index contributed by atoms with van der Waals surface area (Å²) < 4.78 is 201. The number of aromatic nitrogens is 8. The molecule has 0 saturated carbocycles.